The summed E-state index contributed by atoms with van der Waals surface area (Å²) in [5, 5.41) is 4.44. The minimum Gasteiger partial charge on any atom is -0.374 e. The van der Waals surface area contributed by atoms with Crippen molar-refractivity contribution in [2.24, 2.45) is 0 Å². The second-order valence-corrected chi connectivity index (χ2v) is 7.02. The largest absolute Gasteiger partial charge is 0.374 e. The van der Waals surface area contributed by atoms with Crippen molar-refractivity contribution in [2.45, 2.75) is 18.8 Å². The Labute approximate surface area is 127 Å². The normalized spacial score (nSPS) is 19.4. The third-order valence-electron chi connectivity index (χ3n) is 2.57. The van der Waals surface area contributed by atoms with Crippen molar-refractivity contribution < 1.29 is 4.74 Å². The molecule has 1 unspecified atom stereocenters. The second kappa shape index (κ2) is 8.19. The molecule has 1 saturated heterocycles. The van der Waals surface area contributed by atoms with E-state index in [1.54, 1.807) is 6.07 Å². The number of anilines is 1. The third kappa shape index (κ3) is 5.38. The van der Waals surface area contributed by atoms with E-state index in [2.05, 4.69) is 15.3 Å². The van der Waals surface area contributed by atoms with Crippen LogP contribution in [0.4, 0.5) is 5.82 Å². The van der Waals surface area contributed by atoms with E-state index in [-0.39, 0.29) is 0 Å². The van der Waals surface area contributed by atoms with Crippen molar-refractivity contribution >= 4 is 40.9 Å². The lowest BCUT2D eigenvalue weighted by Crippen LogP contribution is -2.23. The van der Waals surface area contributed by atoms with Crippen LogP contribution in [0.25, 0.3) is 0 Å². The summed E-state index contributed by atoms with van der Waals surface area (Å²) >= 11 is 10.0. The van der Waals surface area contributed by atoms with Gasteiger partial charge in [0, 0.05) is 41.7 Å². The van der Waals surface area contributed by atoms with E-state index in [1.165, 1.54) is 17.3 Å². The molecular weight excluding hydrogens is 302 g/mol. The van der Waals surface area contributed by atoms with Crippen molar-refractivity contribution in [2.75, 3.05) is 35.7 Å². The SMILES string of the molecule is CCOCc1nc(Cl)cc(NCC2CSCCS2)n1. The summed E-state index contributed by atoms with van der Waals surface area (Å²) in [5.41, 5.74) is 0. The van der Waals surface area contributed by atoms with Crippen molar-refractivity contribution in [3.05, 3.63) is 17.0 Å². The fourth-order valence-corrected chi connectivity index (χ4v) is 4.50. The molecule has 0 radical (unpaired) electrons. The summed E-state index contributed by atoms with van der Waals surface area (Å²) < 4.78 is 5.31. The van der Waals surface area contributed by atoms with E-state index in [0.29, 0.717) is 29.4 Å². The molecule has 0 amide bonds. The van der Waals surface area contributed by atoms with Crippen LogP contribution in [-0.2, 0) is 11.3 Å². The number of aromatic nitrogens is 2. The van der Waals surface area contributed by atoms with Gasteiger partial charge in [0.1, 0.15) is 17.6 Å². The standard InChI is InChI=1S/C12H18ClN3OS2/c1-2-17-7-12-15-10(13)5-11(16-12)14-6-9-8-18-3-4-19-9/h5,9H,2-4,6-8H2,1H3,(H,14,15,16). The number of halogens is 1. The van der Waals surface area contributed by atoms with E-state index in [1.807, 2.05) is 30.4 Å². The smallest absolute Gasteiger partial charge is 0.158 e. The van der Waals surface area contributed by atoms with Crippen molar-refractivity contribution in [1.82, 2.24) is 9.97 Å². The van der Waals surface area contributed by atoms with Crippen LogP contribution < -0.4 is 5.32 Å². The lowest BCUT2D eigenvalue weighted by molar-refractivity contribution is 0.128. The number of nitrogens with zero attached hydrogens (tertiary/aromatic N) is 2. The van der Waals surface area contributed by atoms with E-state index < -0.39 is 0 Å². The minimum atomic E-state index is 0.403. The molecule has 1 atom stereocenters. The molecule has 0 aliphatic carbocycles. The number of ether oxygens (including phenoxy) is 1. The molecule has 0 spiro atoms. The van der Waals surface area contributed by atoms with Crippen LogP contribution in [0.15, 0.2) is 6.07 Å². The summed E-state index contributed by atoms with van der Waals surface area (Å²) in [4.78, 5) is 8.55. The monoisotopic (exact) mass is 319 g/mol. The quantitative estimate of drug-likeness (QED) is 0.814. The lowest BCUT2D eigenvalue weighted by atomic mass is 10.4. The maximum Gasteiger partial charge on any atom is 0.158 e. The average molecular weight is 320 g/mol. The Morgan fingerprint density at radius 3 is 3.11 bits per heavy atom. The molecule has 4 nitrogen and oxygen atoms in total. The third-order valence-corrected chi connectivity index (χ3v) is 5.61. The maximum absolute atomic E-state index is 5.99. The molecule has 7 heteroatoms. The molecule has 1 aromatic rings. The Balaban J connectivity index is 1.89. The number of thioether (sulfide) groups is 2. The summed E-state index contributed by atoms with van der Waals surface area (Å²) in [5.74, 6) is 5.10. The second-order valence-electron chi connectivity index (χ2n) is 4.08. The van der Waals surface area contributed by atoms with Crippen LogP contribution in [0.3, 0.4) is 0 Å². The molecule has 1 fully saturated rings. The molecule has 1 aliphatic heterocycles. The molecule has 106 valence electrons. The molecule has 1 aliphatic rings. The molecule has 2 rings (SSSR count). The summed E-state index contributed by atoms with van der Waals surface area (Å²) in [6.07, 6.45) is 0. The topological polar surface area (TPSA) is 47.0 Å². The van der Waals surface area contributed by atoms with Gasteiger partial charge in [0.15, 0.2) is 5.82 Å². The van der Waals surface area contributed by atoms with Crippen molar-refractivity contribution in [1.29, 1.82) is 0 Å². The van der Waals surface area contributed by atoms with Crippen LogP contribution in [0.2, 0.25) is 5.15 Å². The number of hydrogen-bond donors (Lipinski definition) is 1. The van der Waals surface area contributed by atoms with Gasteiger partial charge in [0.05, 0.1) is 0 Å². The zero-order valence-corrected chi connectivity index (χ0v) is 13.3. The Morgan fingerprint density at radius 1 is 1.47 bits per heavy atom. The van der Waals surface area contributed by atoms with Gasteiger partial charge in [-0.1, -0.05) is 11.6 Å². The summed E-state index contributed by atoms with van der Waals surface area (Å²) in [7, 11) is 0. The first-order valence-electron chi connectivity index (χ1n) is 6.32. The lowest BCUT2D eigenvalue weighted by Gasteiger charge is -2.21. The highest BCUT2D eigenvalue weighted by atomic mass is 35.5. The van der Waals surface area contributed by atoms with Gasteiger partial charge in [-0.25, -0.2) is 9.97 Å². The van der Waals surface area contributed by atoms with Crippen LogP contribution in [-0.4, -0.2) is 45.6 Å². The van der Waals surface area contributed by atoms with Gasteiger partial charge >= 0.3 is 0 Å². The zero-order valence-electron chi connectivity index (χ0n) is 10.9. The number of rotatable bonds is 6. The van der Waals surface area contributed by atoms with Crippen LogP contribution in [0.5, 0.6) is 0 Å². The highest BCUT2D eigenvalue weighted by Gasteiger charge is 2.14. The highest BCUT2D eigenvalue weighted by molar-refractivity contribution is 8.06. The Morgan fingerprint density at radius 2 is 2.37 bits per heavy atom. The Kier molecular flexibility index (Phi) is 6.56. The molecule has 0 bridgehead atoms. The molecule has 0 aromatic carbocycles. The van der Waals surface area contributed by atoms with Gasteiger partial charge < -0.3 is 10.1 Å². The van der Waals surface area contributed by atoms with Gasteiger partial charge in [-0.05, 0) is 6.92 Å². The molecule has 0 saturated carbocycles. The summed E-state index contributed by atoms with van der Waals surface area (Å²) in [6, 6.07) is 1.76. The Hall–Kier alpha value is -0.170. The number of nitrogens with one attached hydrogen (secondary N) is 1. The van der Waals surface area contributed by atoms with E-state index >= 15 is 0 Å². The van der Waals surface area contributed by atoms with Crippen molar-refractivity contribution in [3.8, 4) is 0 Å². The van der Waals surface area contributed by atoms with E-state index in [9.17, 15) is 0 Å². The first-order chi connectivity index (χ1) is 9.28. The van der Waals surface area contributed by atoms with Gasteiger partial charge in [0.2, 0.25) is 0 Å². The minimum absolute atomic E-state index is 0.403. The first kappa shape index (κ1) is 15.2. The van der Waals surface area contributed by atoms with Crippen molar-refractivity contribution in [3.63, 3.8) is 0 Å². The number of hydrogen-bond acceptors (Lipinski definition) is 6. The predicted molar refractivity (Wildman–Crippen MR) is 84.4 cm³/mol. The van der Waals surface area contributed by atoms with Crippen LogP contribution >= 0.6 is 35.1 Å². The van der Waals surface area contributed by atoms with E-state index in [4.69, 9.17) is 16.3 Å². The molecule has 2 heterocycles. The fourth-order valence-electron chi connectivity index (χ4n) is 1.69. The van der Waals surface area contributed by atoms with Crippen LogP contribution in [0.1, 0.15) is 12.7 Å². The van der Waals surface area contributed by atoms with Crippen LogP contribution in [0, 0.1) is 0 Å². The molecule has 1 aromatic heterocycles. The first-order valence-corrected chi connectivity index (χ1v) is 8.90. The predicted octanol–water partition coefficient (Wildman–Crippen LogP) is 2.93. The van der Waals surface area contributed by atoms with E-state index in [0.717, 1.165) is 12.4 Å². The molecule has 19 heavy (non-hydrogen) atoms. The van der Waals surface area contributed by atoms with Gasteiger partial charge in [-0.2, -0.15) is 23.5 Å². The highest BCUT2D eigenvalue weighted by Crippen LogP contribution is 2.24. The van der Waals surface area contributed by atoms with Gasteiger partial charge in [-0.15, -0.1) is 0 Å². The average Bonchev–Trinajstić information content (AvgIpc) is 2.43. The van der Waals surface area contributed by atoms with Gasteiger partial charge in [0.25, 0.3) is 0 Å². The van der Waals surface area contributed by atoms with Gasteiger partial charge in [-0.3, -0.25) is 0 Å². The maximum atomic E-state index is 5.99. The molecule has 1 N–H and O–H groups in total. The Bertz CT molecular complexity index is 403. The molecular formula is C12H18ClN3OS2. The fraction of sp³-hybridized carbons (Fsp3) is 0.667. The zero-order chi connectivity index (χ0) is 13.5. The summed E-state index contributed by atoms with van der Waals surface area (Å²) in [6.45, 7) is 3.91.